The van der Waals surface area contributed by atoms with E-state index in [1.807, 2.05) is 38.1 Å². The Balaban J connectivity index is 0.000000132. The standard InChI is InChI=1S/C27H32O4.C22H26O3.C5H6O/c1-16-4-5-22(30-16)19-15-17-14-18(28)6-10-25(17,2)20-7-11-26(3)21(24(19)20)8-12-27(26)13-9-23(29)31-27;1-20-9-5-15(23)13-14(20)3-4-16-17(20)6-10-21(2)18(16)7-11-22(21)12-8-19(24)25-22;1-5-3-2-4-6-5/h4-5,7,14,19,21,24H,6,8-13,15H2,1-3H3;3-4,6,13,16,18H,5,7-12H2,1-2H3;2-4H,1H3/t19-,21?,24?,25-,26-,27+;16?,18?,20-,21-,22+;/m00./s1. The Labute approximate surface area is 366 Å². The van der Waals surface area contributed by atoms with Gasteiger partial charge in [-0.3, -0.25) is 19.2 Å². The van der Waals surface area contributed by atoms with Gasteiger partial charge in [0.15, 0.2) is 11.6 Å². The molecule has 12 rings (SSSR count). The quantitative estimate of drug-likeness (QED) is 0.206. The van der Waals surface area contributed by atoms with E-state index in [0.717, 1.165) is 87.9 Å². The van der Waals surface area contributed by atoms with E-state index in [0.29, 0.717) is 49.4 Å². The van der Waals surface area contributed by atoms with Crippen LogP contribution in [-0.4, -0.2) is 34.7 Å². The average molecular weight is 841 g/mol. The van der Waals surface area contributed by atoms with E-state index in [1.54, 1.807) is 6.26 Å². The molecule has 3 saturated carbocycles. The minimum absolute atomic E-state index is 0.0107. The molecule has 2 aliphatic heterocycles. The zero-order valence-electron chi connectivity index (χ0n) is 37.6. The van der Waals surface area contributed by atoms with Crippen molar-refractivity contribution in [3.8, 4) is 0 Å². The van der Waals surface area contributed by atoms with E-state index >= 15 is 0 Å². The number of ether oxygens (including phenoxy) is 2. The Bertz CT molecular complexity index is 2370. The van der Waals surface area contributed by atoms with E-state index < -0.39 is 0 Å². The number of hydrogen-bond acceptors (Lipinski definition) is 8. The van der Waals surface area contributed by atoms with Gasteiger partial charge in [-0.1, -0.05) is 68.7 Å². The molecular formula is C54H64O8. The Kier molecular flexibility index (Phi) is 9.74. The second kappa shape index (κ2) is 14.5. The summed E-state index contributed by atoms with van der Waals surface area (Å²) >= 11 is 0. The highest BCUT2D eigenvalue weighted by atomic mass is 16.6. The van der Waals surface area contributed by atoms with Crippen LogP contribution in [0.2, 0.25) is 0 Å². The third kappa shape index (κ3) is 6.10. The van der Waals surface area contributed by atoms with Crippen molar-refractivity contribution in [2.24, 2.45) is 45.3 Å². The van der Waals surface area contributed by atoms with Gasteiger partial charge < -0.3 is 18.3 Å². The van der Waals surface area contributed by atoms with Crippen LogP contribution in [0.15, 0.2) is 98.1 Å². The molecule has 4 heterocycles. The summed E-state index contributed by atoms with van der Waals surface area (Å²) in [6, 6.07) is 7.98. The highest BCUT2D eigenvalue weighted by Gasteiger charge is 2.68. The van der Waals surface area contributed by atoms with Gasteiger partial charge in [0.05, 0.1) is 6.26 Å². The largest absolute Gasteiger partial charge is 0.470 e. The molecule has 0 amide bonds. The summed E-state index contributed by atoms with van der Waals surface area (Å²) in [5.41, 5.74) is 4.94. The number of carbonyl (C=O) groups is 4. The van der Waals surface area contributed by atoms with E-state index in [1.165, 1.54) is 22.3 Å². The van der Waals surface area contributed by atoms with Crippen LogP contribution in [0, 0.1) is 59.2 Å². The minimum Gasteiger partial charge on any atom is -0.470 e. The topological polar surface area (TPSA) is 113 Å². The van der Waals surface area contributed by atoms with E-state index in [9.17, 15) is 19.2 Å². The van der Waals surface area contributed by atoms with Crippen LogP contribution in [0.1, 0.15) is 147 Å². The summed E-state index contributed by atoms with van der Waals surface area (Å²) in [7, 11) is 0. The molecule has 5 fully saturated rings. The Morgan fingerprint density at radius 3 is 1.85 bits per heavy atom. The van der Waals surface area contributed by atoms with E-state index in [4.69, 9.17) is 18.3 Å². The highest BCUT2D eigenvalue weighted by Crippen LogP contribution is 2.71. The van der Waals surface area contributed by atoms with Crippen LogP contribution in [0.3, 0.4) is 0 Å². The van der Waals surface area contributed by atoms with Crippen molar-refractivity contribution in [1.82, 2.24) is 0 Å². The maximum atomic E-state index is 12.3. The molecule has 0 N–H and O–H groups in total. The summed E-state index contributed by atoms with van der Waals surface area (Å²) < 4.78 is 23.1. The number of ketones is 2. The Morgan fingerprint density at radius 1 is 0.645 bits per heavy atom. The van der Waals surface area contributed by atoms with Crippen LogP contribution < -0.4 is 0 Å². The second-order valence-corrected chi connectivity index (χ2v) is 21.5. The lowest BCUT2D eigenvalue weighted by Crippen LogP contribution is -2.52. The fourth-order valence-electron chi connectivity index (χ4n) is 15.1. The molecule has 2 aromatic rings. The maximum absolute atomic E-state index is 12.3. The summed E-state index contributed by atoms with van der Waals surface area (Å²) in [5.74, 6) is 5.46. The van der Waals surface area contributed by atoms with E-state index in [2.05, 4.69) is 64.1 Å². The van der Waals surface area contributed by atoms with Gasteiger partial charge in [-0.2, -0.15) is 0 Å². The fraction of sp³-hybridized carbons (Fsp3) is 0.593. The number of fused-ring (bicyclic) bond motifs is 12. The van der Waals surface area contributed by atoms with Gasteiger partial charge in [0.2, 0.25) is 0 Å². The summed E-state index contributed by atoms with van der Waals surface area (Å²) in [6.07, 6.45) is 27.9. The lowest BCUT2D eigenvalue weighted by atomic mass is 9.48. The van der Waals surface area contributed by atoms with Crippen LogP contribution in [-0.2, 0) is 28.7 Å². The van der Waals surface area contributed by atoms with Crippen molar-refractivity contribution in [1.29, 1.82) is 0 Å². The predicted octanol–water partition coefficient (Wildman–Crippen LogP) is 11.7. The Morgan fingerprint density at radius 2 is 1.27 bits per heavy atom. The zero-order chi connectivity index (χ0) is 43.5. The third-order valence-electron chi connectivity index (χ3n) is 18.8. The molecule has 8 aliphatic carbocycles. The van der Waals surface area contributed by atoms with Crippen molar-refractivity contribution in [2.75, 3.05) is 0 Å². The van der Waals surface area contributed by atoms with Gasteiger partial charge in [-0.25, -0.2) is 0 Å². The summed E-state index contributed by atoms with van der Waals surface area (Å²) in [6.45, 7) is 13.3. The van der Waals surface area contributed by atoms with Gasteiger partial charge in [-0.15, -0.1) is 0 Å². The van der Waals surface area contributed by atoms with Crippen LogP contribution >= 0.6 is 0 Å². The van der Waals surface area contributed by atoms with Crippen molar-refractivity contribution in [2.45, 2.75) is 155 Å². The number of carbonyl (C=O) groups excluding carboxylic acids is 4. The van der Waals surface area contributed by atoms with Gasteiger partial charge in [-0.05, 0) is 144 Å². The molecular weight excluding hydrogens is 777 g/mol. The molecule has 2 aromatic heterocycles. The average Bonchev–Trinajstić information content (AvgIpc) is 4.11. The molecule has 0 radical (unpaired) electrons. The molecule has 8 nitrogen and oxygen atoms in total. The smallest absolute Gasteiger partial charge is 0.306 e. The molecule has 10 aliphatic rings. The van der Waals surface area contributed by atoms with Crippen molar-refractivity contribution < 1.29 is 37.5 Å². The number of allylic oxidation sites excluding steroid dienone is 10. The molecule has 8 heteroatoms. The number of esters is 2. The molecule has 4 unspecified atom stereocenters. The summed E-state index contributed by atoms with van der Waals surface area (Å²) in [5, 5.41) is 0. The van der Waals surface area contributed by atoms with Crippen molar-refractivity contribution in [3.63, 3.8) is 0 Å². The monoisotopic (exact) mass is 840 g/mol. The maximum Gasteiger partial charge on any atom is 0.306 e. The lowest BCUT2D eigenvalue weighted by Gasteiger charge is -2.56. The third-order valence-corrected chi connectivity index (χ3v) is 18.8. The van der Waals surface area contributed by atoms with Crippen LogP contribution in [0.5, 0.6) is 0 Å². The highest BCUT2D eigenvalue weighted by molar-refractivity contribution is 5.93. The van der Waals surface area contributed by atoms with Gasteiger partial charge >= 0.3 is 11.9 Å². The SMILES string of the molecule is C[C@]12CCC(=O)C=C1C=CC1C2=CC[C@@]2(C)C1CC[C@@]21CCC(=O)O1.Cc1ccc([C@@H]2CC3=CC(=O)CC[C@]3(C)C3=CC[C@@]4(C)C(CC[C@@]45CCC(=O)O5)C32)o1.Cc1ccco1. The first-order valence-electron chi connectivity index (χ1n) is 23.6. The second-order valence-electron chi connectivity index (χ2n) is 21.5. The van der Waals surface area contributed by atoms with Gasteiger partial charge in [0.1, 0.15) is 28.5 Å². The van der Waals surface area contributed by atoms with Crippen LogP contribution in [0.25, 0.3) is 0 Å². The summed E-state index contributed by atoms with van der Waals surface area (Å²) in [4.78, 5) is 48.3. The normalized spacial score (nSPS) is 42.0. The first kappa shape index (κ1) is 41.5. The molecule has 328 valence electrons. The number of furan rings is 2. The minimum atomic E-state index is -0.306. The first-order valence-corrected chi connectivity index (χ1v) is 23.6. The number of hydrogen-bond donors (Lipinski definition) is 0. The molecule has 2 spiro atoms. The lowest BCUT2D eigenvalue weighted by molar-refractivity contribution is -0.161. The molecule has 0 bridgehead atoms. The Hall–Kier alpha value is -4.46. The van der Waals surface area contributed by atoms with Crippen LogP contribution in [0.4, 0.5) is 0 Å². The first-order chi connectivity index (χ1) is 29.5. The number of aryl methyl sites for hydroxylation is 2. The van der Waals surface area contributed by atoms with Crippen molar-refractivity contribution >= 4 is 23.5 Å². The molecule has 62 heavy (non-hydrogen) atoms. The van der Waals surface area contributed by atoms with Gasteiger partial charge in [0, 0.05) is 59.2 Å². The fourth-order valence-corrected chi connectivity index (χ4v) is 15.1. The zero-order valence-corrected chi connectivity index (χ0v) is 37.6. The molecule has 0 aromatic carbocycles. The number of rotatable bonds is 1. The van der Waals surface area contributed by atoms with Gasteiger partial charge in [0.25, 0.3) is 0 Å². The molecule has 11 atom stereocenters. The predicted molar refractivity (Wildman–Crippen MR) is 234 cm³/mol. The molecule has 2 saturated heterocycles. The van der Waals surface area contributed by atoms with Crippen molar-refractivity contribution in [3.05, 3.63) is 107 Å². The van der Waals surface area contributed by atoms with E-state index in [-0.39, 0.29) is 62.3 Å².